The number of ketones is 2. The number of hydrogen-bond donors (Lipinski definition) is 1. The minimum Gasteiger partial charge on any atom is -0.455 e. The smallest absolute Gasteiger partial charge is 0.408 e. The number of nitrogens with one attached hydrogen (secondary N) is 1. The summed E-state index contributed by atoms with van der Waals surface area (Å²) in [5.74, 6) is -4.40. The summed E-state index contributed by atoms with van der Waals surface area (Å²) in [6.45, 7) is 11.8. The van der Waals surface area contributed by atoms with Crippen molar-refractivity contribution in [2.75, 3.05) is 20.7 Å². The van der Waals surface area contributed by atoms with Crippen molar-refractivity contribution >= 4 is 29.6 Å². The van der Waals surface area contributed by atoms with Gasteiger partial charge in [0.05, 0.1) is 35.5 Å². The lowest BCUT2D eigenvalue weighted by molar-refractivity contribution is -0.296. The number of amides is 1. The van der Waals surface area contributed by atoms with Crippen LogP contribution in [0.25, 0.3) is 0 Å². The van der Waals surface area contributed by atoms with Gasteiger partial charge >= 0.3 is 18.0 Å². The molecule has 0 saturated carbocycles. The number of esters is 2. The molecular formula is C40H55FN2O11. The molecule has 0 unspecified atom stereocenters. The van der Waals surface area contributed by atoms with E-state index in [1.54, 1.807) is 58.0 Å². The Hall–Kier alpha value is -3.90. The molecule has 0 radical (unpaired) electrons. The Bertz CT molecular complexity index is 1600. The zero-order valence-electron chi connectivity index (χ0n) is 32.9. The van der Waals surface area contributed by atoms with Crippen LogP contribution in [0.4, 0.5) is 9.18 Å². The molecule has 13 nitrogen and oxygen atoms in total. The number of fused-ring (bicyclic) bond motifs is 1. The SMILES string of the molecule is C#CCO[C@@]1(C)C[C@@H](C)C(=O)[C@H](C)[C@H]2NC(=O)O[C@]2(C)[C@@H](CC)OC(=O)[C@@](C)(F)C(=O)[C@H](C)[C@H]1O[C@@H]1O[C@H](C)C[C@H](N(C)C)[C@H]1OC(=O)c1ccccc1. The Kier molecular flexibility index (Phi) is 13.4. The van der Waals surface area contributed by atoms with Gasteiger partial charge < -0.3 is 38.6 Å². The van der Waals surface area contributed by atoms with Gasteiger partial charge in [-0.2, -0.15) is 0 Å². The van der Waals surface area contributed by atoms with Crippen molar-refractivity contribution < 1.29 is 56.8 Å². The lowest BCUT2D eigenvalue weighted by Crippen LogP contribution is -2.62. The average molecular weight is 759 g/mol. The standard InChI is InChI=1S/C40H55FN2O11/c1-12-19-49-38(7)21-22(3)29(44)24(5)31-40(9,54-37(48)42-31)28(13-2)51-36(47)39(8,41)32(45)25(6)33(38)53-35-30(27(43(10)11)20-23(4)50-35)52-34(46)26-17-15-14-16-18-26/h1,14-18,22-25,27-28,30-31,33,35H,13,19-21H2,2-11H3,(H,42,48)/t22-,23-,24+,25+,27+,28-,30-,31-,33-,35+,38+,39+,40-/m1/s1. The van der Waals surface area contributed by atoms with Crippen molar-refractivity contribution in [2.45, 2.75) is 134 Å². The third kappa shape index (κ3) is 8.64. The number of cyclic esters (lactones) is 1. The minimum atomic E-state index is -3.23. The van der Waals surface area contributed by atoms with E-state index in [1.165, 1.54) is 13.8 Å². The molecule has 13 atom stereocenters. The summed E-state index contributed by atoms with van der Waals surface area (Å²) in [7, 11) is 3.63. The van der Waals surface area contributed by atoms with E-state index in [-0.39, 0.29) is 30.8 Å². The molecule has 1 aromatic carbocycles. The number of rotatable bonds is 8. The van der Waals surface area contributed by atoms with Crippen LogP contribution in [-0.4, -0.2) is 115 Å². The summed E-state index contributed by atoms with van der Waals surface area (Å²) in [6.07, 6.45) is -0.255. The van der Waals surface area contributed by atoms with Crippen LogP contribution in [0.1, 0.15) is 85.0 Å². The lowest BCUT2D eigenvalue weighted by Gasteiger charge is -2.48. The fourth-order valence-electron chi connectivity index (χ4n) is 8.21. The number of alkyl halides is 1. The van der Waals surface area contributed by atoms with Crippen LogP contribution in [0.15, 0.2) is 30.3 Å². The predicted octanol–water partition coefficient (Wildman–Crippen LogP) is 4.44. The van der Waals surface area contributed by atoms with Gasteiger partial charge in [0.2, 0.25) is 0 Å². The first-order valence-electron chi connectivity index (χ1n) is 18.5. The number of alkyl carbamates (subject to hydrolysis) is 1. The van der Waals surface area contributed by atoms with Gasteiger partial charge in [0, 0.05) is 17.8 Å². The van der Waals surface area contributed by atoms with Gasteiger partial charge in [-0.25, -0.2) is 18.8 Å². The first kappa shape index (κ1) is 42.8. The molecule has 54 heavy (non-hydrogen) atoms. The van der Waals surface area contributed by atoms with Crippen LogP contribution in [0.3, 0.4) is 0 Å². The molecule has 3 fully saturated rings. The summed E-state index contributed by atoms with van der Waals surface area (Å²) in [5, 5.41) is 2.68. The Morgan fingerprint density at radius 2 is 1.70 bits per heavy atom. The van der Waals surface area contributed by atoms with Crippen LogP contribution in [0, 0.1) is 30.1 Å². The van der Waals surface area contributed by atoms with E-state index in [9.17, 15) is 24.0 Å². The Morgan fingerprint density at radius 1 is 1.06 bits per heavy atom. The van der Waals surface area contributed by atoms with Crippen LogP contribution < -0.4 is 5.32 Å². The predicted molar refractivity (Wildman–Crippen MR) is 194 cm³/mol. The fourth-order valence-corrected chi connectivity index (χ4v) is 8.21. The van der Waals surface area contributed by atoms with E-state index in [0.29, 0.717) is 6.42 Å². The summed E-state index contributed by atoms with van der Waals surface area (Å²) < 4.78 is 53.5. The van der Waals surface area contributed by atoms with Crippen LogP contribution in [0.2, 0.25) is 0 Å². The molecule has 3 aliphatic heterocycles. The molecule has 1 N–H and O–H groups in total. The second-order valence-corrected chi connectivity index (χ2v) is 15.6. The number of likely N-dealkylation sites (N-methyl/N-ethyl adjacent to an activating group) is 1. The molecule has 14 heteroatoms. The number of carbonyl (C=O) groups is 5. The van der Waals surface area contributed by atoms with E-state index < -0.39 is 101 Å². The number of ether oxygens (including phenoxy) is 6. The molecule has 3 aliphatic rings. The number of carbonyl (C=O) groups excluding carboxylic acids is 5. The largest absolute Gasteiger partial charge is 0.455 e. The molecule has 298 valence electrons. The van der Waals surface area contributed by atoms with Crippen molar-refractivity contribution in [3.63, 3.8) is 0 Å². The van der Waals surface area contributed by atoms with Gasteiger partial charge in [-0.15, -0.1) is 6.42 Å². The molecule has 3 saturated heterocycles. The summed E-state index contributed by atoms with van der Waals surface area (Å²) in [4.78, 5) is 70.3. The van der Waals surface area contributed by atoms with Crippen LogP contribution in [0.5, 0.6) is 0 Å². The highest BCUT2D eigenvalue weighted by Crippen LogP contribution is 2.41. The molecule has 3 heterocycles. The molecule has 1 amide bonds. The highest BCUT2D eigenvalue weighted by Gasteiger charge is 2.59. The zero-order chi connectivity index (χ0) is 40.3. The van der Waals surface area contributed by atoms with Gasteiger partial charge in [0.15, 0.2) is 23.8 Å². The zero-order valence-corrected chi connectivity index (χ0v) is 32.9. The highest BCUT2D eigenvalue weighted by atomic mass is 19.1. The second kappa shape index (κ2) is 16.9. The minimum absolute atomic E-state index is 0.0705. The van der Waals surface area contributed by atoms with E-state index in [1.807, 2.05) is 25.9 Å². The summed E-state index contributed by atoms with van der Waals surface area (Å²) in [5.41, 5.74) is -6.14. The third-order valence-electron chi connectivity index (χ3n) is 11.2. The Labute approximate surface area is 317 Å². The Morgan fingerprint density at radius 3 is 2.30 bits per heavy atom. The molecule has 0 bridgehead atoms. The fraction of sp³-hybridized carbons (Fsp3) is 0.675. The van der Waals surface area contributed by atoms with Crippen LogP contribution in [-0.2, 0) is 42.8 Å². The monoisotopic (exact) mass is 758 g/mol. The molecule has 4 rings (SSSR count). The summed E-state index contributed by atoms with van der Waals surface area (Å²) >= 11 is 0. The molecule has 0 aromatic heterocycles. The van der Waals surface area contributed by atoms with Gasteiger partial charge in [-0.05, 0) is 73.2 Å². The maximum atomic E-state index is 16.8. The molecular weight excluding hydrogens is 703 g/mol. The number of benzene rings is 1. The number of halogens is 1. The lowest BCUT2D eigenvalue weighted by atomic mass is 9.73. The molecule has 1 aromatic rings. The topological polar surface area (TPSA) is 156 Å². The van der Waals surface area contributed by atoms with E-state index >= 15 is 4.39 Å². The third-order valence-corrected chi connectivity index (χ3v) is 11.2. The quantitative estimate of drug-likeness (QED) is 0.173. The van der Waals surface area contributed by atoms with Gasteiger partial charge in [-0.1, -0.05) is 51.8 Å². The van der Waals surface area contributed by atoms with Crippen molar-refractivity contribution in [1.29, 1.82) is 0 Å². The maximum absolute atomic E-state index is 16.8. The first-order chi connectivity index (χ1) is 25.2. The highest BCUT2D eigenvalue weighted by molar-refractivity contribution is 6.08. The van der Waals surface area contributed by atoms with Crippen molar-refractivity contribution in [1.82, 2.24) is 10.2 Å². The number of Topliss-reactive ketones (excluding diaryl/α,β-unsaturated/α-hetero) is 2. The Balaban J connectivity index is 1.86. The number of nitrogens with zero attached hydrogens (tertiary/aromatic N) is 1. The van der Waals surface area contributed by atoms with Gasteiger partial charge in [0.25, 0.3) is 5.67 Å². The van der Waals surface area contributed by atoms with Crippen molar-refractivity contribution in [2.24, 2.45) is 17.8 Å². The van der Waals surface area contributed by atoms with E-state index in [4.69, 9.17) is 34.8 Å². The van der Waals surface area contributed by atoms with Crippen LogP contribution >= 0.6 is 0 Å². The first-order valence-corrected chi connectivity index (χ1v) is 18.5. The number of terminal acetylenes is 1. The van der Waals surface area contributed by atoms with Crippen molar-refractivity contribution in [3.8, 4) is 12.3 Å². The average Bonchev–Trinajstić information content (AvgIpc) is 3.44. The molecule has 0 aliphatic carbocycles. The normalized spacial score (nSPS) is 39.4. The second-order valence-electron chi connectivity index (χ2n) is 15.6. The van der Waals surface area contributed by atoms with Crippen molar-refractivity contribution in [3.05, 3.63) is 35.9 Å². The van der Waals surface area contributed by atoms with E-state index in [2.05, 4.69) is 11.2 Å². The maximum Gasteiger partial charge on any atom is 0.408 e. The van der Waals surface area contributed by atoms with Gasteiger partial charge in [-0.3, -0.25) is 9.59 Å². The van der Waals surface area contributed by atoms with E-state index in [0.717, 1.165) is 6.92 Å². The summed E-state index contributed by atoms with van der Waals surface area (Å²) in [6, 6.07) is 6.96. The van der Waals surface area contributed by atoms with Gasteiger partial charge in [0.1, 0.15) is 18.5 Å². The number of hydrogen-bond acceptors (Lipinski definition) is 12. The molecule has 0 spiro atoms.